The summed E-state index contributed by atoms with van der Waals surface area (Å²) in [6.07, 6.45) is -2.23. The van der Waals surface area contributed by atoms with E-state index >= 15 is 0 Å². The molecule has 17 heteroatoms. The topological polar surface area (TPSA) is 150 Å². The summed E-state index contributed by atoms with van der Waals surface area (Å²) in [6.45, 7) is 3.79. The van der Waals surface area contributed by atoms with Crippen LogP contribution in [0.3, 0.4) is 0 Å². The lowest BCUT2D eigenvalue weighted by molar-refractivity contribution is -0.137. The molecule has 4 aromatic rings. The Morgan fingerprint density at radius 3 is 2.53 bits per heavy atom. The van der Waals surface area contributed by atoms with Crippen LogP contribution in [0.1, 0.15) is 46.5 Å². The number of carbonyl (C=O) groups is 2. The van der Waals surface area contributed by atoms with Crippen LogP contribution in [-0.2, 0) is 23.9 Å². The van der Waals surface area contributed by atoms with Crippen molar-refractivity contribution in [3.8, 4) is 5.75 Å². The predicted octanol–water partition coefficient (Wildman–Crippen LogP) is 3.15. The van der Waals surface area contributed by atoms with Crippen molar-refractivity contribution in [3.05, 3.63) is 81.3 Å². The van der Waals surface area contributed by atoms with E-state index in [1.165, 1.54) is 40.8 Å². The number of rotatable bonds is 7. The number of alkyl halides is 4. The molecule has 0 unspecified atom stereocenters. The average Bonchev–Trinajstić information content (AvgIpc) is 3.53. The number of nitrogens with zero attached hydrogens (tertiary/aromatic N) is 7. The molecule has 0 saturated carbocycles. The largest absolute Gasteiger partial charge is 0.505 e. The number of aromatic nitrogens is 5. The molecule has 1 fully saturated rings. The van der Waals surface area contributed by atoms with Gasteiger partial charge in [-0.25, -0.2) is 9.37 Å². The van der Waals surface area contributed by atoms with E-state index in [9.17, 15) is 37.1 Å². The molecule has 2 aliphatic rings. The maximum Gasteiger partial charge on any atom is 0.416 e. The summed E-state index contributed by atoms with van der Waals surface area (Å²) in [5.41, 5.74) is 0.0837. The van der Waals surface area contributed by atoms with Crippen molar-refractivity contribution in [3.63, 3.8) is 0 Å². The molecule has 2 amide bonds. The van der Waals surface area contributed by atoms with Crippen molar-refractivity contribution in [2.24, 2.45) is 0 Å². The summed E-state index contributed by atoms with van der Waals surface area (Å²) < 4.78 is 56.1. The number of carbonyl (C=O) groups excluding carboxylic acids is 2. The Morgan fingerprint density at radius 1 is 1.14 bits per heavy atom. The van der Waals surface area contributed by atoms with Gasteiger partial charge in [-0.2, -0.15) is 22.7 Å². The number of amides is 2. The molecule has 3 aromatic heterocycles. The summed E-state index contributed by atoms with van der Waals surface area (Å²) in [4.78, 5) is 52.6. The standard InChI is InChI=1S/C32H33F4N9O4/c1-3-23-27(42-11-13-43(14-12-42)29(48)26-24(46)5-4-10-37-26)30(49)45-31(40-28(41-45)22-9-7-20(33)16-38-22)44(23)17-25(47)39-21-8-6-19(15-18(21)2)32(34,35)36/h4-6,8-10,15,20,38,46H,3,7,11-14,16-17H2,1-2H3,(H,39,47)/t20-/m1/s1. The Kier molecular flexibility index (Phi) is 9.00. The highest BCUT2D eigenvalue weighted by molar-refractivity contribution is 5.95. The molecule has 3 N–H and O–H groups in total. The highest BCUT2D eigenvalue weighted by Crippen LogP contribution is 2.32. The number of anilines is 2. The molecule has 0 spiro atoms. The lowest BCUT2D eigenvalue weighted by atomic mass is 10.1. The minimum atomic E-state index is -4.54. The van der Waals surface area contributed by atoms with Crippen molar-refractivity contribution < 1.29 is 32.3 Å². The van der Waals surface area contributed by atoms with Gasteiger partial charge in [0, 0.05) is 51.0 Å². The Hall–Kier alpha value is -5.48. The molecule has 13 nitrogen and oxygen atoms in total. The van der Waals surface area contributed by atoms with Crippen molar-refractivity contribution >= 4 is 34.7 Å². The van der Waals surface area contributed by atoms with E-state index in [0.717, 1.165) is 16.6 Å². The van der Waals surface area contributed by atoms with Crippen LogP contribution in [-0.4, -0.2) is 84.9 Å². The van der Waals surface area contributed by atoms with E-state index in [2.05, 4.69) is 25.7 Å². The molecule has 258 valence electrons. The maximum absolute atomic E-state index is 14.1. The third kappa shape index (κ3) is 6.64. The monoisotopic (exact) mass is 683 g/mol. The summed E-state index contributed by atoms with van der Waals surface area (Å²) >= 11 is 0. The van der Waals surface area contributed by atoms with Crippen LogP contribution in [0, 0.1) is 6.92 Å². The minimum absolute atomic E-state index is 0.0330. The predicted molar refractivity (Wildman–Crippen MR) is 171 cm³/mol. The highest BCUT2D eigenvalue weighted by atomic mass is 19.4. The maximum atomic E-state index is 14.1. The number of aromatic hydroxyl groups is 1. The second-order valence-electron chi connectivity index (χ2n) is 11.7. The van der Waals surface area contributed by atoms with Gasteiger partial charge in [0.1, 0.15) is 24.2 Å². The fraction of sp³-hybridized carbons (Fsp3) is 0.375. The number of benzene rings is 1. The molecule has 5 heterocycles. The van der Waals surface area contributed by atoms with E-state index in [1.54, 1.807) is 17.9 Å². The first-order valence-corrected chi connectivity index (χ1v) is 15.6. The molecule has 2 aliphatic heterocycles. The average molecular weight is 684 g/mol. The first kappa shape index (κ1) is 33.4. The van der Waals surface area contributed by atoms with Gasteiger partial charge in [0.2, 0.25) is 11.7 Å². The quantitative estimate of drug-likeness (QED) is 0.250. The van der Waals surface area contributed by atoms with Crippen LogP contribution in [0.25, 0.3) is 11.5 Å². The van der Waals surface area contributed by atoms with Gasteiger partial charge in [0.05, 0.1) is 17.0 Å². The number of halogens is 4. The first-order chi connectivity index (χ1) is 23.3. The third-order valence-electron chi connectivity index (χ3n) is 8.49. The van der Waals surface area contributed by atoms with Crippen molar-refractivity contribution in [1.29, 1.82) is 0 Å². The normalized spacial score (nSPS) is 16.8. The van der Waals surface area contributed by atoms with E-state index in [4.69, 9.17) is 0 Å². The summed E-state index contributed by atoms with van der Waals surface area (Å²) in [5, 5.41) is 20.2. The highest BCUT2D eigenvalue weighted by Gasteiger charge is 2.32. The van der Waals surface area contributed by atoms with Gasteiger partial charge in [-0.05, 0) is 49.2 Å². The van der Waals surface area contributed by atoms with Gasteiger partial charge in [-0.15, -0.1) is 5.10 Å². The Bertz CT molecular complexity index is 2020. The number of pyridine rings is 1. The van der Waals surface area contributed by atoms with Crippen molar-refractivity contribution in [2.45, 2.75) is 45.6 Å². The lowest BCUT2D eigenvalue weighted by Gasteiger charge is -2.36. The van der Waals surface area contributed by atoms with Gasteiger partial charge >= 0.3 is 6.18 Å². The van der Waals surface area contributed by atoms with E-state index in [0.29, 0.717) is 11.4 Å². The number of allylic oxidation sites excluding steroid dienone is 1. The SMILES string of the molecule is CCc1c(N2CCN(C(=O)c3ncccc3O)CC2)c(=O)n2nc(C3=CC[C@@H](F)CN3)nc2n1CC(=O)Nc1ccc(C(F)(F)F)cc1C. The number of nitrogens with one attached hydrogen (secondary N) is 2. The Morgan fingerprint density at radius 2 is 1.90 bits per heavy atom. The van der Waals surface area contributed by atoms with Gasteiger partial charge < -0.3 is 30.1 Å². The van der Waals surface area contributed by atoms with Gasteiger partial charge in [-0.1, -0.05) is 13.0 Å². The zero-order valence-electron chi connectivity index (χ0n) is 26.6. The molecular weight excluding hydrogens is 650 g/mol. The number of hydrogen-bond acceptors (Lipinski definition) is 9. The fourth-order valence-electron chi connectivity index (χ4n) is 5.99. The number of piperazine rings is 1. The second kappa shape index (κ2) is 13.2. The molecule has 0 aliphatic carbocycles. The van der Waals surface area contributed by atoms with Gasteiger partial charge in [0.25, 0.3) is 11.5 Å². The first-order valence-electron chi connectivity index (χ1n) is 15.6. The van der Waals surface area contributed by atoms with Crippen LogP contribution >= 0.6 is 0 Å². The molecule has 49 heavy (non-hydrogen) atoms. The molecule has 6 rings (SSSR count). The number of aryl methyl sites for hydroxylation is 1. The molecule has 1 aromatic carbocycles. The van der Waals surface area contributed by atoms with Crippen LogP contribution < -0.4 is 21.1 Å². The smallest absolute Gasteiger partial charge is 0.416 e. The van der Waals surface area contributed by atoms with Crippen LogP contribution in [0.4, 0.5) is 28.9 Å². The van der Waals surface area contributed by atoms with Gasteiger partial charge in [-0.3, -0.25) is 14.4 Å². The van der Waals surface area contributed by atoms with E-state index < -0.39 is 35.3 Å². The Balaban J connectivity index is 1.35. The zero-order chi connectivity index (χ0) is 35.0. The molecule has 1 saturated heterocycles. The molecule has 1 atom stereocenters. The van der Waals surface area contributed by atoms with Crippen LogP contribution in [0.15, 0.2) is 47.4 Å². The minimum Gasteiger partial charge on any atom is -0.505 e. The second-order valence-corrected chi connectivity index (χ2v) is 11.7. The third-order valence-corrected chi connectivity index (χ3v) is 8.49. The molecule has 0 radical (unpaired) electrons. The van der Waals surface area contributed by atoms with Crippen LogP contribution in [0.2, 0.25) is 0 Å². The molecule has 0 bridgehead atoms. The van der Waals surface area contributed by atoms with E-state index in [1.807, 2.05) is 0 Å². The number of hydrogen-bond donors (Lipinski definition) is 3. The number of fused-ring (bicyclic) bond motifs is 1. The fourth-order valence-corrected chi connectivity index (χ4v) is 5.99. The lowest BCUT2D eigenvalue weighted by Crippen LogP contribution is -2.51. The zero-order valence-corrected chi connectivity index (χ0v) is 26.6. The summed E-state index contributed by atoms with van der Waals surface area (Å²) in [6, 6.07) is 5.89. The summed E-state index contributed by atoms with van der Waals surface area (Å²) in [5.74, 6) is -1.11. The van der Waals surface area contributed by atoms with E-state index in [-0.39, 0.29) is 92.1 Å². The van der Waals surface area contributed by atoms with Crippen LogP contribution in [0.5, 0.6) is 5.75 Å². The Labute approximate surface area is 276 Å². The van der Waals surface area contributed by atoms with Crippen molar-refractivity contribution in [1.82, 2.24) is 34.4 Å². The van der Waals surface area contributed by atoms with Crippen molar-refractivity contribution in [2.75, 3.05) is 42.9 Å². The molecular formula is C32H33F4N9O4. The summed E-state index contributed by atoms with van der Waals surface area (Å²) in [7, 11) is 0. The van der Waals surface area contributed by atoms with Gasteiger partial charge in [0.15, 0.2) is 11.5 Å².